The third-order valence-corrected chi connectivity index (χ3v) is 5.18. The third kappa shape index (κ3) is 2.52. The number of aromatic nitrogens is 4. The van der Waals surface area contributed by atoms with Crippen LogP contribution in [-0.2, 0) is 0 Å². The Balaban J connectivity index is 1.54. The highest BCUT2D eigenvalue weighted by Gasteiger charge is 2.14. The normalized spacial score (nSPS) is 11.3. The Morgan fingerprint density at radius 3 is 2.70 bits per heavy atom. The number of imidazole rings is 1. The average molecular weight is 375 g/mol. The van der Waals surface area contributed by atoms with Crippen LogP contribution in [0.15, 0.2) is 60.9 Å². The van der Waals surface area contributed by atoms with Crippen LogP contribution in [0.5, 0.6) is 0 Å². The first kappa shape index (κ1) is 15.5. The number of urea groups is 1. The number of hydrogen-bond acceptors (Lipinski definition) is 5. The summed E-state index contributed by atoms with van der Waals surface area (Å²) in [6.45, 7) is 0. The highest BCUT2D eigenvalue weighted by Crippen LogP contribution is 2.26. The van der Waals surface area contributed by atoms with Crippen molar-refractivity contribution < 1.29 is 4.79 Å². The van der Waals surface area contributed by atoms with E-state index >= 15 is 0 Å². The number of anilines is 1. The van der Waals surface area contributed by atoms with Gasteiger partial charge >= 0.3 is 6.03 Å². The molecule has 0 bridgehead atoms. The number of hydrogen-bond donors (Lipinski definition) is 3. The number of amides is 2. The first-order valence-electron chi connectivity index (χ1n) is 8.16. The maximum absolute atomic E-state index is 12.2. The molecule has 9 heteroatoms. The first-order chi connectivity index (χ1) is 13.2. The van der Waals surface area contributed by atoms with Crippen molar-refractivity contribution in [1.82, 2.24) is 19.0 Å². The molecule has 0 atom stereocenters. The molecule has 3 N–H and O–H groups in total. The minimum Gasteiger partial charge on any atom is -0.307 e. The molecule has 0 spiro atoms. The van der Waals surface area contributed by atoms with Gasteiger partial charge in [0.05, 0.1) is 11.0 Å². The number of fused-ring (bicyclic) bond motifs is 5. The van der Waals surface area contributed by atoms with Gasteiger partial charge in [0, 0.05) is 5.69 Å². The lowest BCUT2D eigenvalue weighted by atomic mass is 10.3. The second-order valence-electron chi connectivity index (χ2n) is 5.87. The summed E-state index contributed by atoms with van der Waals surface area (Å²) >= 11 is 1.37. The minimum absolute atomic E-state index is 0.141. The van der Waals surface area contributed by atoms with Crippen molar-refractivity contribution in [1.29, 1.82) is 5.41 Å². The second kappa shape index (κ2) is 5.92. The van der Waals surface area contributed by atoms with Gasteiger partial charge in [-0.05, 0) is 24.3 Å². The van der Waals surface area contributed by atoms with Crippen LogP contribution in [0.1, 0.15) is 0 Å². The molecule has 132 valence electrons. The summed E-state index contributed by atoms with van der Waals surface area (Å²) in [4.78, 5) is 22.0. The largest absolute Gasteiger partial charge is 0.338 e. The van der Waals surface area contributed by atoms with Gasteiger partial charge in [0.15, 0.2) is 16.1 Å². The van der Waals surface area contributed by atoms with E-state index < -0.39 is 6.03 Å². The lowest BCUT2D eigenvalue weighted by Crippen LogP contribution is -2.35. The van der Waals surface area contributed by atoms with E-state index in [1.807, 2.05) is 46.9 Å². The number of rotatable bonds is 2. The first-order valence-corrected chi connectivity index (χ1v) is 8.97. The average Bonchev–Trinajstić information content (AvgIpc) is 3.21. The van der Waals surface area contributed by atoms with E-state index in [9.17, 15) is 4.79 Å². The number of benzene rings is 2. The fraction of sp³-hybridized carbons (Fsp3) is 0. The SMILES string of the molecule is N=c1c2sc3nc4ccccc4n3c2ncn1NC(=O)Nc1ccccc1. The van der Waals surface area contributed by atoms with Crippen LogP contribution in [0, 0.1) is 5.41 Å². The van der Waals surface area contributed by atoms with Gasteiger partial charge in [-0.3, -0.25) is 9.81 Å². The molecule has 0 saturated heterocycles. The Hall–Kier alpha value is -3.72. The van der Waals surface area contributed by atoms with Gasteiger partial charge in [0.2, 0.25) is 0 Å². The summed E-state index contributed by atoms with van der Waals surface area (Å²) in [5.74, 6) is 0. The number of nitrogens with one attached hydrogen (secondary N) is 3. The van der Waals surface area contributed by atoms with Crippen molar-refractivity contribution in [2.45, 2.75) is 0 Å². The zero-order valence-electron chi connectivity index (χ0n) is 13.9. The standard InChI is InChI=1S/C18H13N7OS/c19-15-14-16(25-13-9-5-4-8-12(13)22-18(25)27-14)20-10-24(15)23-17(26)21-11-6-2-1-3-7-11/h1-10,19H,(H2,21,23,26). The van der Waals surface area contributed by atoms with E-state index in [1.165, 1.54) is 22.3 Å². The number of nitrogens with zero attached hydrogens (tertiary/aromatic N) is 4. The summed E-state index contributed by atoms with van der Waals surface area (Å²) in [5.41, 5.74) is 5.90. The second-order valence-corrected chi connectivity index (χ2v) is 6.85. The van der Waals surface area contributed by atoms with Crippen LogP contribution in [-0.4, -0.2) is 25.1 Å². The molecule has 0 radical (unpaired) electrons. The van der Waals surface area contributed by atoms with Gasteiger partial charge in [-0.1, -0.05) is 41.7 Å². The van der Waals surface area contributed by atoms with Crippen LogP contribution in [0.3, 0.4) is 0 Å². The molecule has 27 heavy (non-hydrogen) atoms. The fourth-order valence-corrected chi connectivity index (χ4v) is 3.97. The minimum atomic E-state index is -0.451. The summed E-state index contributed by atoms with van der Waals surface area (Å²) in [5, 5.41) is 11.2. The summed E-state index contributed by atoms with van der Waals surface area (Å²) in [6.07, 6.45) is 1.43. The number of para-hydroxylation sites is 3. The van der Waals surface area contributed by atoms with E-state index in [2.05, 4.69) is 20.7 Å². The van der Waals surface area contributed by atoms with Crippen LogP contribution < -0.4 is 16.2 Å². The van der Waals surface area contributed by atoms with Gasteiger partial charge in [-0.25, -0.2) is 24.9 Å². The molecule has 5 rings (SSSR count). The van der Waals surface area contributed by atoms with Crippen molar-refractivity contribution in [3.05, 3.63) is 66.4 Å². The molecular formula is C18H13N7OS. The highest BCUT2D eigenvalue weighted by molar-refractivity contribution is 7.23. The van der Waals surface area contributed by atoms with Crippen LogP contribution in [0.4, 0.5) is 10.5 Å². The Morgan fingerprint density at radius 1 is 1.07 bits per heavy atom. The Morgan fingerprint density at radius 2 is 1.85 bits per heavy atom. The molecule has 3 heterocycles. The lowest BCUT2D eigenvalue weighted by Gasteiger charge is -2.10. The lowest BCUT2D eigenvalue weighted by molar-refractivity contribution is 0.259. The van der Waals surface area contributed by atoms with Gasteiger partial charge in [-0.15, -0.1) is 0 Å². The molecule has 5 aromatic rings. The summed E-state index contributed by atoms with van der Waals surface area (Å²) < 4.78 is 3.87. The number of carbonyl (C=O) groups excluding carboxylic acids is 1. The smallest absolute Gasteiger partial charge is 0.307 e. The topological polar surface area (TPSA) is 100 Å². The molecule has 8 nitrogen and oxygen atoms in total. The highest BCUT2D eigenvalue weighted by atomic mass is 32.1. The molecule has 0 aliphatic heterocycles. The molecule has 2 amide bonds. The predicted molar refractivity (Wildman–Crippen MR) is 105 cm³/mol. The summed E-state index contributed by atoms with van der Waals surface area (Å²) in [7, 11) is 0. The summed E-state index contributed by atoms with van der Waals surface area (Å²) in [6, 6.07) is 16.5. The van der Waals surface area contributed by atoms with Gasteiger partial charge in [0.1, 0.15) is 11.0 Å². The Bertz CT molecular complexity index is 1370. The fourth-order valence-electron chi connectivity index (χ4n) is 2.94. The molecule has 0 saturated carbocycles. The molecule has 2 aromatic carbocycles. The van der Waals surface area contributed by atoms with E-state index in [4.69, 9.17) is 5.41 Å². The van der Waals surface area contributed by atoms with Crippen molar-refractivity contribution in [2.75, 3.05) is 10.7 Å². The van der Waals surface area contributed by atoms with Crippen molar-refractivity contribution in [2.24, 2.45) is 0 Å². The maximum Gasteiger partial charge on any atom is 0.338 e. The van der Waals surface area contributed by atoms with Gasteiger partial charge in [0.25, 0.3) is 0 Å². The van der Waals surface area contributed by atoms with Crippen molar-refractivity contribution >= 4 is 49.4 Å². The number of carbonyl (C=O) groups is 1. The molecule has 0 unspecified atom stereocenters. The molecular weight excluding hydrogens is 362 g/mol. The van der Waals surface area contributed by atoms with Crippen LogP contribution >= 0.6 is 11.3 Å². The van der Waals surface area contributed by atoms with Gasteiger partial charge in [-0.2, -0.15) is 0 Å². The Labute approximate surface area is 156 Å². The third-order valence-electron chi connectivity index (χ3n) is 4.14. The zero-order valence-corrected chi connectivity index (χ0v) is 14.7. The van der Waals surface area contributed by atoms with Crippen LogP contribution in [0.25, 0.3) is 26.3 Å². The quantitative estimate of drug-likeness (QED) is 0.442. The number of thiazole rings is 1. The zero-order chi connectivity index (χ0) is 18.4. The monoisotopic (exact) mass is 375 g/mol. The molecule has 0 fully saturated rings. The van der Waals surface area contributed by atoms with Crippen LogP contribution in [0.2, 0.25) is 0 Å². The molecule has 0 aliphatic rings. The predicted octanol–water partition coefficient (Wildman–Crippen LogP) is 3.15. The van der Waals surface area contributed by atoms with E-state index in [0.29, 0.717) is 16.0 Å². The Kier molecular flexibility index (Phi) is 3.41. The van der Waals surface area contributed by atoms with E-state index in [-0.39, 0.29) is 5.49 Å². The van der Waals surface area contributed by atoms with Gasteiger partial charge < -0.3 is 5.32 Å². The van der Waals surface area contributed by atoms with E-state index in [0.717, 1.165) is 16.0 Å². The van der Waals surface area contributed by atoms with E-state index in [1.54, 1.807) is 12.1 Å². The molecule has 3 aromatic heterocycles. The maximum atomic E-state index is 12.2. The molecule has 0 aliphatic carbocycles. The van der Waals surface area contributed by atoms with Crippen molar-refractivity contribution in [3.8, 4) is 0 Å². The van der Waals surface area contributed by atoms with Crippen molar-refractivity contribution in [3.63, 3.8) is 0 Å².